The second-order valence-corrected chi connectivity index (χ2v) is 8.89. The molecule has 3 amide bonds. The summed E-state index contributed by atoms with van der Waals surface area (Å²) in [6, 6.07) is 6.69. The number of likely N-dealkylation sites (tertiary alicyclic amines) is 1. The van der Waals surface area contributed by atoms with E-state index in [1.165, 1.54) is 12.1 Å². The first-order valence-electron chi connectivity index (χ1n) is 12.2. The zero-order valence-corrected chi connectivity index (χ0v) is 20.7. The van der Waals surface area contributed by atoms with Gasteiger partial charge in [-0.3, -0.25) is 9.59 Å². The molecule has 2 aliphatic rings. The second-order valence-electron chi connectivity index (χ2n) is 8.89. The van der Waals surface area contributed by atoms with Crippen LogP contribution in [0.5, 0.6) is 5.75 Å². The van der Waals surface area contributed by atoms with Crippen LogP contribution in [0.4, 0.5) is 4.79 Å². The average Bonchev–Trinajstić information content (AvgIpc) is 2.86. The van der Waals surface area contributed by atoms with Gasteiger partial charge in [0.2, 0.25) is 0 Å². The highest BCUT2D eigenvalue weighted by atomic mass is 16.6. The maximum absolute atomic E-state index is 12.6. The maximum atomic E-state index is 12.6. The number of hydrogen-bond donors (Lipinski definition) is 0. The van der Waals surface area contributed by atoms with E-state index in [4.69, 9.17) is 14.2 Å². The second kappa shape index (κ2) is 12.4. The number of hydrogen-bond acceptors (Lipinski definition) is 7. The van der Waals surface area contributed by atoms with Crippen molar-refractivity contribution in [2.24, 2.45) is 0 Å². The summed E-state index contributed by atoms with van der Waals surface area (Å²) in [6.45, 7) is 7.18. The van der Waals surface area contributed by atoms with Crippen molar-refractivity contribution in [1.29, 1.82) is 0 Å². The Bertz CT molecular complexity index is 887. The molecule has 0 spiro atoms. The number of piperazine rings is 1. The number of carbonyl (C=O) groups is 4. The highest BCUT2D eigenvalue weighted by Gasteiger charge is 2.29. The van der Waals surface area contributed by atoms with Crippen molar-refractivity contribution in [2.75, 3.05) is 46.0 Å². The van der Waals surface area contributed by atoms with Crippen LogP contribution in [-0.2, 0) is 19.1 Å². The number of carbonyl (C=O) groups excluding carboxylic acids is 4. The van der Waals surface area contributed by atoms with Crippen LogP contribution in [0.25, 0.3) is 0 Å². The number of amides is 3. The number of ether oxygens (including phenoxy) is 3. The lowest BCUT2D eigenvalue weighted by molar-refractivity contribution is -0.139. The Morgan fingerprint density at radius 2 is 1.43 bits per heavy atom. The third-order valence-electron chi connectivity index (χ3n) is 6.42. The lowest BCUT2D eigenvalue weighted by atomic mass is 9.97. The van der Waals surface area contributed by atoms with E-state index in [0.29, 0.717) is 38.5 Å². The molecule has 1 aromatic carbocycles. The molecule has 1 aromatic rings. The molecule has 0 aromatic heterocycles. The standard InChI is InChI=1S/C25H35N3O7/c1-4-33-25(32)27-14-12-26(13-15-27)22(29)16-35-24(31)20-8-10-21(11-9-20)34-17-23(30)28-18(2)6-5-7-19(28)3/h8-11,18-19H,4-7,12-17H2,1-3H3/t18-,19-/m1/s1. The Balaban J connectivity index is 1.41. The number of nitrogens with zero attached hydrogens (tertiary/aromatic N) is 3. The largest absolute Gasteiger partial charge is 0.484 e. The molecular weight excluding hydrogens is 454 g/mol. The van der Waals surface area contributed by atoms with Crippen LogP contribution in [0.2, 0.25) is 0 Å². The summed E-state index contributed by atoms with van der Waals surface area (Å²) in [6.07, 6.45) is 2.74. The molecule has 2 saturated heterocycles. The summed E-state index contributed by atoms with van der Waals surface area (Å²) in [4.78, 5) is 54.0. The molecule has 0 radical (unpaired) electrons. The summed E-state index contributed by atoms with van der Waals surface area (Å²) in [7, 11) is 0. The van der Waals surface area contributed by atoms with Crippen molar-refractivity contribution in [2.45, 2.75) is 52.1 Å². The van der Waals surface area contributed by atoms with Gasteiger partial charge in [0, 0.05) is 38.3 Å². The van der Waals surface area contributed by atoms with Crippen molar-refractivity contribution in [1.82, 2.24) is 14.7 Å². The quantitative estimate of drug-likeness (QED) is 0.541. The van der Waals surface area contributed by atoms with E-state index >= 15 is 0 Å². The fourth-order valence-electron chi connectivity index (χ4n) is 4.47. The van der Waals surface area contributed by atoms with Gasteiger partial charge in [-0.15, -0.1) is 0 Å². The molecule has 0 aliphatic carbocycles. The van der Waals surface area contributed by atoms with Gasteiger partial charge in [0.1, 0.15) is 5.75 Å². The lowest BCUT2D eigenvalue weighted by Gasteiger charge is -2.38. The van der Waals surface area contributed by atoms with Crippen LogP contribution in [-0.4, -0.2) is 96.7 Å². The van der Waals surface area contributed by atoms with Gasteiger partial charge in [0.05, 0.1) is 12.2 Å². The summed E-state index contributed by atoms with van der Waals surface area (Å²) in [5.41, 5.74) is 0.280. The molecule has 2 fully saturated rings. The van der Waals surface area contributed by atoms with Crippen molar-refractivity contribution in [3.8, 4) is 5.75 Å². The number of rotatable bonds is 7. The average molecular weight is 490 g/mol. The Hall–Kier alpha value is -3.30. The fourth-order valence-corrected chi connectivity index (χ4v) is 4.47. The minimum absolute atomic E-state index is 0.0465. The Kier molecular flexibility index (Phi) is 9.33. The molecule has 2 aliphatic heterocycles. The van der Waals surface area contributed by atoms with E-state index in [2.05, 4.69) is 13.8 Å². The summed E-state index contributed by atoms with van der Waals surface area (Å²) >= 11 is 0. The molecule has 2 heterocycles. The van der Waals surface area contributed by atoms with Gasteiger partial charge in [-0.25, -0.2) is 9.59 Å². The van der Waals surface area contributed by atoms with Gasteiger partial charge in [-0.05, 0) is 64.3 Å². The first-order chi connectivity index (χ1) is 16.8. The van der Waals surface area contributed by atoms with Gasteiger partial charge in [0.25, 0.3) is 11.8 Å². The molecule has 0 saturated carbocycles. The zero-order valence-electron chi connectivity index (χ0n) is 20.7. The molecule has 0 unspecified atom stereocenters. The molecule has 10 heteroatoms. The Morgan fingerprint density at radius 1 is 0.829 bits per heavy atom. The summed E-state index contributed by atoms with van der Waals surface area (Å²) in [5.74, 6) is -0.513. The van der Waals surface area contributed by atoms with E-state index in [9.17, 15) is 19.2 Å². The maximum Gasteiger partial charge on any atom is 0.409 e. The van der Waals surface area contributed by atoms with Crippen LogP contribution in [0.15, 0.2) is 24.3 Å². The Morgan fingerprint density at radius 3 is 2.03 bits per heavy atom. The smallest absolute Gasteiger partial charge is 0.409 e. The molecule has 10 nitrogen and oxygen atoms in total. The number of esters is 1. The van der Waals surface area contributed by atoms with Gasteiger partial charge in [-0.1, -0.05) is 0 Å². The van der Waals surface area contributed by atoms with Gasteiger partial charge >= 0.3 is 12.1 Å². The monoisotopic (exact) mass is 489 g/mol. The topological polar surface area (TPSA) is 106 Å². The fraction of sp³-hybridized carbons (Fsp3) is 0.600. The van der Waals surface area contributed by atoms with E-state index < -0.39 is 12.1 Å². The minimum atomic E-state index is -0.623. The van der Waals surface area contributed by atoms with Gasteiger partial charge in [0.15, 0.2) is 13.2 Å². The molecule has 3 rings (SSSR count). The van der Waals surface area contributed by atoms with Gasteiger partial charge in [-0.2, -0.15) is 0 Å². The number of piperidine rings is 1. The van der Waals surface area contributed by atoms with E-state index in [-0.39, 0.29) is 42.7 Å². The predicted octanol–water partition coefficient (Wildman–Crippen LogP) is 2.31. The predicted molar refractivity (Wildman–Crippen MR) is 127 cm³/mol. The van der Waals surface area contributed by atoms with Gasteiger partial charge < -0.3 is 28.9 Å². The molecule has 0 N–H and O–H groups in total. The van der Waals surface area contributed by atoms with Crippen LogP contribution in [0.1, 0.15) is 50.4 Å². The van der Waals surface area contributed by atoms with E-state index in [1.54, 1.807) is 28.9 Å². The van der Waals surface area contributed by atoms with Crippen molar-refractivity contribution >= 4 is 23.9 Å². The zero-order chi connectivity index (χ0) is 25.4. The molecule has 2 atom stereocenters. The minimum Gasteiger partial charge on any atom is -0.484 e. The van der Waals surface area contributed by atoms with Crippen LogP contribution >= 0.6 is 0 Å². The lowest BCUT2D eigenvalue weighted by Crippen LogP contribution is -2.51. The highest BCUT2D eigenvalue weighted by Crippen LogP contribution is 2.23. The van der Waals surface area contributed by atoms with Crippen molar-refractivity contribution in [3.05, 3.63) is 29.8 Å². The summed E-state index contributed by atoms with van der Waals surface area (Å²) < 4.78 is 15.8. The van der Waals surface area contributed by atoms with Crippen molar-refractivity contribution in [3.63, 3.8) is 0 Å². The highest BCUT2D eigenvalue weighted by molar-refractivity contribution is 5.91. The summed E-state index contributed by atoms with van der Waals surface area (Å²) in [5, 5.41) is 0. The molecule has 35 heavy (non-hydrogen) atoms. The normalized spacial score (nSPS) is 20.3. The molecule has 0 bridgehead atoms. The third-order valence-corrected chi connectivity index (χ3v) is 6.42. The van der Waals surface area contributed by atoms with Crippen LogP contribution < -0.4 is 4.74 Å². The van der Waals surface area contributed by atoms with E-state index in [1.807, 2.05) is 4.90 Å². The van der Waals surface area contributed by atoms with Crippen LogP contribution in [0.3, 0.4) is 0 Å². The third kappa shape index (κ3) is 7.10. The molecular formula is C25H35N3O7. The Labute approximate surface area is 206 Å². The SMILES string of the molecule is CCOC(=O)N1CCN(C(=O)COC(=O)c2ccc(OCC(=O)N3[C@H](C)CCC[C@H]3C)cc2)CC1. The first-order valence-corrected chi connectivity index (χ1v) is 12.2. The number of benzene rings is 1. The van der Waals surface area contributed by atoms with Crippen molar-refractivity contribution < 1.29 is 33.4 Å². The van der Waals surface area contributed by atoms with Crippen LogP contribution in [0, 0.1) is 0 Å². The first kappa shape index (κ1) is 26.3. The molecule has 192 valence electrons. The van der Waals surface area contributed by atoms with E-state index in [0.717, 1.165) is 19.3 Å².